The number of ether oxygens (including phenoxy) is 2. The van der Waals surface area contributed by atoms with Crippen LogP contribution in [0.4, 0.5) is 10.8 Å². The Kier molecular flexibility index (Phi) is 7.35. The number of anilines is 2. The number of thiazole rings is 1. The number of β-amino-alcohol motifs (C(OH)–C–C–N with tert-alkyl or cyclic N) is 1. The Hall–Kier alpha value is -3.14. The van der Waals surface area contributed by atoms with Crippen molar-refractivity contribution < 1.29 is 24.2 Å². The highest BCUT2D eigenvalue weighted by molar-refractivity contribution is 7.17. The van der Waals surface area contributed by atoms with Crippen molar-refractivity contribution in [1.82, 2.24) is 9.88 Å². The summed E-state index contributed by atoms with van der Waals surface area (Å²) in [4.78, 5) is 34.5. The molecule has 4 rings (SSSR count). The van der Waals surface area contributed by atoms with Gasteiger partial charge in [0, 0.05) is 19.2 Å². The third kappa shape index (κ3) is 4.86. The molecule has 10 heteroatoms. The summed E-state index contributed by atoms with van der Waals surface area (Å²) in [6.07, 6.45) is 2.34. The van der Waals surface area contributed by atoms with Gasteiger partial charge in [-0.05, 0) is 37.1 Å². The summed E-state index contributed by atoms with van der Waals surface area (Å²) in [5.41, 5.74) is 0.769. The largest absolute Gasteiger partial charge is 0.493 e. The van der Waals surface area contributed by atoms with Crippen LogP contribution in [-0.4, -0.2) is 60.2 Å². The van der Waals surface area contributed by atoms with E-state index in [-0.39, 0.29) is 12.5 Å². The first-order valence-corrected chi connectivity index (χ1v) is 11.9. The molecule has 1 aliphatic rings. The van der Waals surface area contributed by atoms with Crippen molar-refractivity contribution in [3.63, 3.8) is 0 Å². The van der Waals surface area contributed by atoms with E-state index in [4.69, 9.17) is 21.1 Å². The number of aliphatic hydroxyl groups excluding tert-OH is 1. The van der Waals surface area contributed by atoms with Crippen LogP contribution < -0.4 is 14.4 Å². The van der Waals surface area contributed by atoms with Crippen molar-refractivity contribution in [2.45, 2.75) is 18.9 Å². The summed E-state index contributed by atoms with van der Waals surface area (Å²) in [5.74, 6) is 0.321. The number of hydrogen-bond acceptors (Lipinski definition) is 7. The van der Waals surface area contributed by atoms with E-state index in [2.05, 4.69) is 4.98 Å². The number of likely N-dealkylation sites (tertiary alicyclic amines) is 1. The first-order chi connectivity index (χ1) is 16.4. The van der Waals surface area contributed by atoms with Crippen molar-refractivity contribution in [2.24, 2.45) is 0 Å². The van der Waals surface area contributed by atoms with Crippen LogP contribution in [0.1, 0.15) is 32.9 Å². The van der Waals surface area contributed by atoms with Crippen LogP contribution >= 0.6 is 22.9 Å². The minimum Gasteiger partial charge on any atom is -0.493 e. The van der Waals surface area contributed by atoms with E-state index in [0.29, 0.717) is 50.7 Å². The van der Waals surface area contributed by atoms with Crippen molar-refractivity contribution in [2.75, 3.05) is 32.2 Å². The molecule has 8 nitrogen and oxygen atoms in total. The first-order valence-electron chi connectivity index (χ1n) is 10.7. The van der Waals surface area contributed by atoms with Gasteiger partial charge in [-0.25, -0.2) is 4.98 Å². The zero-order valence-electron chi connectivity index (χ0n) is 18.7. The maximum Gasteiger partial charge on any atom is 0.266 e. The molecule has 34 heavy (non-hydrogen) atoms. The normalized spacial score (nSPS) is 15.6. The predicted octanol–water partition coefficient (Wildman–Crippen LogP) is 4.39. The molecule has 2 heterocycles. The minimum absolute atomic E-state index is 0.222. The average Bonchev–Trinajstić information content (AvgIpc) is 3.33. The van der Waals surface area contributed by atoms with E-state index >= 15 is 0 Å². The number of nitrogens with zero attached hydrogens (tertiary/aromatic N) is 3. The molecule has 1 N–H and O–H groups in total. The van der Waals surface area contributed by atoms with Crippen LogP contribution in [0.2, 0.25) is 5.02 Å². The summed E-state index contributed by atoms with van der Waals surface area (Å²) in [5, 5.41) is 10.5. The number of halogens is 1. The number of hydrogen-bond donors (Lipinski definition) is 1. The number of benzene rings is 2. The van der Waals surface area contributed by atoms with Gasteiger partial charge in [-0.3, -0.25) is 14.5 Å². The van der Waals surface area contributed by atoms with Gasteiger partial charge in [0.05, 0.1) is 42.8 Å². The Balaban J connectivity index is 1.74. The fourth-order valence-corrected chi connectivity index (χ4v) is 4.92. The number of amides is 2. The smallest absolute Gasteiger partial charge is 0.266 e. The number of carbonyl (C=O) groups is 2. The van der Waals surface area contributed by atoms with E-state index in [0.717, 1.165) is 17.8 Å². The van der Waals surface area contributed by atoms with Crippen molar-refractivity contribution in [3.8, 4) is 11.5 Å². The zero-order chi connectivity index (χ0) is 24.2. The fraction of sp³-hybridized carbons (Fsp3) is 0.292. The Labute approximate surface area is 206 Å². The van der Waals surface area contributed by atoms with Gasteiger partial charge in [0.1, 0.15) is 4.88 Å². The van der Waals surface area contributed by atoms with Crippen LogP contribution in [0.3, 0.4) is 0 Å². The van der Waals surface area contributed by atoms with Crippen LogP contribution in [-0.2, 0) is 0 Å². The van der Waals surface area contributed by atoms with Gasteiger partial charge in [-0.2, -0.15) is 0 Å². The van der Waals surface area contributed by atoms with E-state index < -0.39 is 12.0 Å². The summed E-state index contributed by atoms with van der Waals surface area (Å²) in [6.45, 7) is 0.852. The molecule has 0 saturated carbocycles. The lowest BCUT2D eigenvalue weighted by molar-refractivity contribution is 0.0477. The molecule has 1 saturated heterocycles. The lowest BCUT2D eigenvalue weighted by Crippen LogP contribution is -2.41. The van der Waals surface area contributed by atoms with Gasteiger partial charge in [-0.1, -0.05) is 35.1 Å². The molecule has 1 atom stereocenters. The molecule has 178 valence electrons. The van der Waals surface area contributed by atoms with Crippen molar-refractivity contribution >= 4 is 45.6 Å². The summed E-state index contributed by atoms with van der Waals surface area (Å²) in [7, 11) is 3.04. The Morgan fingerprint density at radius 3 is 2.65 bits per heavy atom. The molecule has 1 aromatic heterocycles. The number of aliphatic hydroxyl groups is 1. The molecule has 2 amide bonds. The molecule has 0 radical (unpaired) electrons. The molecule has 0 spiro atoms. The van der Waals surface area contributed by atoms with Crippen LogP contribution in [0.25, 0.3) is 0 Å². The number of carbonyl (C=O) groups excluding carboxylic acids is 2. The quantitative estimate of drug-likeness (QED) is 0.538. The fourth-order valence-electron chi connectivity index (χ4n) is 3.80. The summed E-state index contributed by atoms with van der Waals surface area (Å²) < 4.78 is 10.7. The Bertz CT molecular complexity index is 1200. The molecule has 2 aromatic carbocycles. The topological polar surface area (TPSA) is 92.2 Å². The highest BCUT2D eigenvalue weighted by Crippen LogP contribution is 2.38. The highest BCUT2D eigenvalue weighted by Gasteiger charge is 2.29. The molecule has 1 unspecified atom stereocenters. The van der Waals surface area contributed by atoms with Gasteiger partial charge in [0.15, 0.2) is 16.6 Å². The summed E-state index contributed by atoms with van der Waals surface area (Å²) >= 11 is 7.42. The highest BCUT2D eigenvalue weighted by atomic mass is 35.5. The SMILES string of the molecule is COc1ccc(N(C(=O)c2ccccc2Cl)c2ncc(C(=O)N3CCCC(O)C3)s2)cc1OC. The lowest BCUT2D eigenvalue weighted by Gasteiger charge is -2.29. The first kappa shape index (κ1) is 24.0. The minimum atomic E-state index is -0.532. The number of piperidine rings is 1. The molecular weight excluding hydrogens is 478 g/mol. The second-order valence-corrected chi connectivity index (χ2v) is 9.13. The number of rotatable bonds is 6. The third-order valence-electron chi connectivity index (χ3n) is 5.51. The second-order valence-electron chi connectivity index (χ2n) is 7.71. The van der Waals surface area contributed by atoms with Crippen LogP contribution in [0.5, 0.6) is 11.5 Å². The average molecular weight is 502 g/mol. The molecule has 0 aliphatic carbocycles. The van der Waals surface area contributed by atoms with Gasteiger partial charge in [0.25, 0.3) is 11.8 Å². The van der Waals surface area contributed by atoms with Crippen LogP contribution in [0, 0.1) is 0 Å². The van der Waals surface area contributed by atoms with E-state index in [1.165, 1.54) is 25.3 Å². The molecule has 3 aromatic rings. The van der Waals surface area contributed by atoms with E-state index in [1.807, 2.05) is 0 Å². The maximum atomic E-state index is 13.7. The number of methoxy groups -OCH3 is 2. The molecular formula is C24H24ClN3O5S. The molecule has 1 fully saturated rings. The predicted molar refractivity (Wildman–Crippen MR) is 131 cm³/mol. The second kappa shape index (κ2) is 10.4. The monoisotopic (exact) mass is 501 g/mol. The van der Waals surface area contributed by atoms with E-state index in [9.17, 15) is 14.7 Å². The van der Waals surface area contributed by atoms with Gasteiger partial charge in [-0.15, -0.1) is 0 Å². The van der Waals surface area contributed by atoms with Crippen LogP contribution in [0.15, 0.2) is 48.7 Å². The standard InChI is InChI=1S/C24H24ClN3O5S/c1-32-19-10-9-15(12-20(19)33-2)28(22(30)17-7-3-4-8-18(17)25)24-26-13-21(34-24)23(31)27-11-5-6-16(29)14-27/h3-4,7-10,12-13,16,29H,5-6,11,14H2,1-2H3. The maximum absolute atomic E-state index is 13.7. The Morgan fingerprint density at radius 1 is 1.18 bits per heavy atom. The molecule has 1 aliphatic heterocycles. The van der Waals surface area contributed by atoms with Crippen molar-refractivity contribution in [1.29, 1.82) is 0 Å². The van der Waals surface area contributed by atoms with E-state index in [1.54, 1.807) is 47.4 Å². The summed E-state index contributed by atoms with van der Waals surface area (Å²) in [6, 6.07) is 11.8. The number of aromatic nitrogens is 1. The van der Waals surface area contributed by atoms with Crippen molar-refractivity contribution in [3.05, 3.63) is 64.1 Å². The lowest BCUT2D eigenvalue weighted by atomic mass is 10.1. The van der Waals surface area contributed by atoms with Gasteiger partial charge in [0.2, 0.25) is 0 Å². The third-order valence-corrected chi connectivity index (χ3v) is 6.81. The zero-order valence-corrected chi connectivity index (χ0v) is 20.3. The van der Waals surface area contributed by atoms with Gasteiger partial charge >= 0.3 is 0 Å². The molecule has 0 bridgehead atoms. The Morgan fingerprint density at radius 2 is 1.94 bits per heavy atom. The van der Waals surface area contributed by atoms with Gasteiger partial charge < -0.3 is 19.5 Å².